The molecule has 0 saturated heterocycles. The third-order valence-corrected chi connectivity index (χ3v) is 6.56. The minimum atomic E-state index is -2.43. The van der Waals surface area contributed by atoms with E-state index in [2.05, 4.69) is 24.3 Å². The number of hydrogen-bond acceptors (Lipinski definition) is 5. The molecular formula is C15H31ClN2O3Si. The van der Waals surface area contributed by atoms with Crippen LogP contribution in [0, 0.1) is 5.92 Å². The molecule has 0 aliphatic heterocycles. The van der Waals surface area contributed by atoms with Gasteiger partial charge in [-0.3, -0.25) is 0 Å². The van der Waals surface area contributed by atoms with E-state index in [9.17, 15) is 0 Å². The Kier molecular flexibility index (Phi) is 14.1. The first-order valence-corrected chi connectivity index (χ1v) is 9.02. The second-order valence-corrected chi connectivity index (χ2v) is 8.07. The zero-order valence-corrected chi connectivity index (χ0v) is 15.7. The Bertz CT molecular complexity index is 359. The summed E-state index contributed by atoms with van der Waals surface area (Å²) in [5, 5.41) is 0. The number of rotatable bonds is 10. The van der Waals surface area contributed by atoms with Crippen molar-refractivity contribution >= 4 is 21.2 Å². The Morgan fingerprint density at radius 2 is 1.59 bits per heavy atom. The van der Waals surface area contributed by atoms with Crippen molar-refractivity contribution in [3.8, 4) is 0 Å². The molecule has 7 heteroatoms. The zero-order valence-electron chi connectivity index (χ0n) is 13.9. The largest absolute Gasteiger partial charge is 0.500 e. The maximum atomic E-state index is 5.89. The Labute approximate surface area is 141 Å². The fraction of sp³-hybridized carbons (Fsp3) is 0.600. The van der Waals surface area contributed by atoms with Crippen LogP contribution in [0.25, 0.3) is 0 Å². The van der Waals surface area contributed by atoms with Crippen molar-refractivity contribution in [2.75, 3.05) is 27.9 Å². The van der Waals surface area contributed by atoms with Crippen LogP contribution in [-0.4, -0.2) is 36.7 Å². The predicted octanol–water partition coefficient (Wildman–Crippen LogP) is 3.05. The molecule has 0 spiro atoms. The molecule has 22 heavy (non-hydrogen) atoms. The molecule has 1 atom stereocenters. The highest BCUT2D eigenvalue weighted by molar-refractivity contribution is 6.60. The topological polar surface area (TPSA) is 88.7 Å². The summed E-state index contributed by atoms with van der Waals surface area (Å²) in [6, 6.07) is 11.3. The Balaban J connectivity index is 0. The predicted molar refractivity (Wildman–Crippen MR) is 95.8 cm³/mol. The molecule has 1 unspecified atom stereocenters. The first kappa shape index (κ1) is 23.8. The molecule has 0 heterocycles. The smallest absolute Gasteiger partial charge is 0.377 e. The van der Waals surface area contributed by atoms with E-state index in [1.165, 1.54) is 5.56 Å². The van der Waals surface area contributed by atoms with Crippen molar-refractivity contribution in [1.82, 2.24) is 6.15 Å². The van der Waals surface area contributed by atoms with Gasteiger partial charge in [0.2, 0.25) is 0 Å². The third-order valence-electron chi connectivity index (χ3n) is 3.73. The van der Waals surface area contributed by atoms with Crippen molar-refractivity contribution in [3.05, 3.63) is 35.9 Å². The van der Waals surface area contributed by atoms with E-state index in [0.717, 1.165) is 25.3 Å². The molecule has 1 aromatic carbocycles. The molecular weight excluding hydrogens is 320 g/mol. The lowest BCUT2D eigenvalue weighted by Crippen LogP contribution is -2.42. The van der Waals surface area contributed by atoms with Crippen molar-refractivity contribution in [2.45, 2.75) is 25.3 Å². The molecule has 0 aromatic heterocycles. The SMILES string of the molecule is CO[Si](CCCC(CN)Cc1ccccc1)(OC)OC.Cl.N. The van der Waals surface area contributed by atoms with Crippen LogP contribution in [0.2, 0.25) is 6.04 Å². The van der Waals surface area contributed by atoms with Gasteiger partial charge in [0.15, 0.2) is 0 Å². The van der Waals surface area contributed by atoms with Gasteiger partial charge in [-0.15, -0.1) is 12.4 Å². The minimum Gasteiger partial charge on any atom is -0.377 e. The van der Waals surface area contributed by atoms with E-state index >= 15 is 0 Å². The van der Waals surface area contributed by atoms with Crippen LogP contribution in [0.4, 0.5) is 0 Å². The van der Waals surface area contributed by atoms with Crippen molar-refractivity contribution in [2.24, 2.45) is 11.7 Å². The number of benzene rings is 1. The summed E-state index contributed by atoms with van der Waals surface area (Å²) in [4.78, 5) is 0. The standard InChI is InChI=1S/C15H27NO3Si.ClH.H3N/c1-17-20(18-2,19-3)11-7-10-15(13-16)12-14-8-5-4-6-9-14;;/h4-6,8-9,15H,7,10-13,16H2,1-3H3;1H;1H3. The number of nitrogens with two attached hydrogens (primary N) is 1. The highest BCUT2D eigenvalue weighted by Crippen LogP contribution is 2.20. The Hall–Kier alpha value is -0.473. The zero-order chi connectivity index (χ0) is 14.8. The average Bonchev–Trinajstić information content (AvgIpc) is 2.52. The maximum absolute atomic E-state index is 5.89. The molecule has 1 rings (SSSR count). The van der Waals surface area contributed by atoms with Gasteiger partial charge < -0.3 is 25.2 Å². The highest BCUT2D eigenvalue weighted by atomic mass is 35.5. The van der Waals surface area contributed by atoms with Gasteiger partial charge in [-0.1, -0.05) is 30.3 Å². The second-order valence-electron chi connectivity index (χ2n) is 4.98. The van der Waals surface area contributed by atoms with Gasteiger partial charge in [-0.05, 0) is 37.3 Å². The lowest BCUT2D eigenvalue weighted by molar-refractivity contribution is 0.122. The molecule has 0 radical (unpaired) electrons. The molecule has 5 nitrogen and oxygen atoms in total. The van der Waals surface area contributed by atoms with Gasteiger partial charge in [0, 0.05) is 27.4 Å². The second kappa shape index (κ2) is 13.0. The summed E-state index contributed by atoms with van der Waals surface area (Å²) >= 11 is 0. The highest BCUT2D eigenvalue weighted by Gasteiger charge is 2.37. The van der Waals surface area contributed by atoms with E-state index in [4.69, 9.17) is 19.0 Å². The third kappa shape index (κ3) is 7.69. The van der Waals surface area contributed by atoms with Crippen molar-refractivity contribution in [3.63, 3.8) is 0 Å². The maximum Gasteiger partial charge on any atom is 0.500 e. The van der Waals surface area contributed by atoms with Gasteiger partial charge in [0.25, 0.3) is 0 Å². The van der Waals surface area contributed by atoms with Gasteiger partial charge in [-0.25, -0.2) is 0 Å². The van der Waals surface area contributed by atoms with Crippen LogP contribution in [0.5, 0.6) is 0 Å². The van der Waals surface area contributed by atoms with Crippen molar-refractivity contribution < 1.29 is 13.3 Å². The first-order chi connectivity index (χ1) is 9.69. The summed E-state index contributed by atoms with van der Waals surface area (Å²) in [6.45, 7) is 0.705. The van der Waals surface area contributed by atoms with E-state index in [1.54, 1.807) is 21.3 Å². The quantitative estimate of drug-likeness (QED) is 0.633. The molecule has 0 aliphatic rings. The fourth-order valence-electron chi connectivity index (χ4n) is 2.41. The average molecular weight is 351 g/mol. The summed E-state index contributed by atoms with van der Waals surface area (Å²) in [7, 11) is 2.54. The molecule has 0 bridgehead atoms. The van der Waals surface area contributed by atoms with E-state index in [-0.39, 0.29) is 18.6 Å². The van der Waals surface area contributed by atoms with E-state index in [1.807, 2.05) is 6.07 Å². The first-order valence-electron chi connectivity index (χ1n) is 7.09. The number of halogens is 1. The van der Waals surface area contributed by atoms with Gasteiger partial charge in [0.1, 0.15) is 0 Å². The van der Waals surface area contributed by atoms with Crippen LogP contribution in [0.15, 0.2) is 30.3 Å². The molecule has 0 saturated carbocycles. The fourth-order valence-corrected chi connectivity index (χ4v) is 4.16. The van der Waals surface area contributed by atoms with Gasteiger partial charge in [0.05, 0.1) is 0 Å². The van der Waals surface area contributed by atoms with Crippen LogP contribution >= 0.6 is 12.4 Å². The summed E-state index contributed by atoms with van der Waals surface area (Å²) < 4.78 is 16.3. The molecule has 130 valence electrons. The van der Waals surface area contributed by atoms with Crippen molar-refractivity contribution in [1.29, 1.82) is 0 Å². The molecule has 0 fully saturated rings. The molecule has 1 aromatic rings. The molecule has 5 N–H and O–H groups in total. The van der Waals surface area contributed by atoms with Crippen LogP contribution in [0.1, 0.15) is 18.4 Å². The number of hydrogen-bond donors (Lipinski definition) is 2. The van der Waals surface area contributed by atoms with Crippen LogP contribution in [0.3, 0.4) is 0 Å². The summed E-state index contributed by atoms with van der Waals surface area (Å²) in [5.41, 5.74) is 7.23. The molecule has 0 amide bonds. The monoisotopic (exact) mass is 350 g/mol. The van der Waals surface area contributed by atoms with E-state index in [0.29, 0.717) is 12.5 Å². The van der Waals surface area contributed by atoms with Gasteiger partial charge >= 0.3 is 8.80 Å². The molecule has 0 aliphatic carbocycles. The lowest BCUT2D eigenvalue weighted by Gasteiger charge is -2.25. The summed E-state index contributed by atoms with van der Waals surface area (Å²) in [6.07, 6.45) is 3.10. The minimum absolute atomic E-state index is 0. The van der Waals surface area contributed by atoms with Gasteiger partial charge in [-0.2, -0.15) is 0 Å². The normalized spacial score (nSPS) is 12.2. The van der Waals surface area contributed by atoms with Crippen LogP contribution < -0.4 is 11.9 Å². The van der Waals surface area contributed by atoms with E-state index < -0.39 is 8.80 Å². The Morgan fingerprint density at radius 1 is 1.05 bits per heavy atom. The Morgan fingerprint density at radius 3 is 2.05 bits per heavy atom. The lowest BCUT2D eigenvalue weighted by atomic mass is 9.95. The van der Waals surface area contributed by atoms with Crippen LogP contribution in [-0.2, 0) is 19.7 Å². The summed E-state index contributed by atoms with van der Waals surface area (Å²) in [5.74, 6) is 0.495.